The number of carbonyl (C=O) groups excluding carboxylic acids is 2. The number of carbonyl (C=O) groups is 2. The molecule has 0 fully saturated rings. The normalized spacial score (nSPS) is 13.8. The highest BCUT2D eigenvalue weighted by atomic mass is 16.5. The van der Waals surface area contributed by atoms with Crippen LogP contribution in [0.3, 0.4) is 0 Å². The summed E-state index contributed by atoms with van der Waals surface area (Å²) in [4.78, 5) is 26.9. The number of esters is 2. The fourth-order valence-corrected chi connectivity index (χ4v) is 4.04. The summed E-state index contributed by atoms with van der Waals surface area (Å²) in [5.74, 6) is -1.17. The Morgan fingerprint density at radius 2 is 1.26 bits per heavy atom. The highest BCUT2D eigenvalue weighted by Gasteiger charge is 2.38. The Balaban J connectivity index is 1.80. The van der Waals surface area contributed by atoms with E-state index in [1.54, 1.807) is 74.5 Å². The van der Waals surface area contributed by atoms with Crippen molar-refractivity contribution in [3.63, 3.8) is 0 Å². The van der Waals surface area contributed by atoms with E-state index in [2.05, 4.69) is 5.32 Å². The largest absolute Gasteiger partial charge is 0.504 e. The van der Waals surface area contributed by atoms with Crippen LogP contribution in [0, 0.1) is 0 Å². The van der Waals surface area contributed by atoms with Gasteiger partial charge in [0.1, 0.15) is 11.5 Å². The predicted octanol–water partition coefficient (Wildman–Crippen LogP) is 4.85. The van der Waals surface area contributed by atoms with Gasteiger partial charge in [0.15, 0.2) is 11.5 Å². The molecule has 4 rings (SSSR count). The SMILES string of the molecule is COc1cc(C2C(C(=O)Oc3ccccc3)=C(C)NC(C)=C2C(=O)Oc2ccccc2)ccc1O. The molecule has 1 aliphatic heterocycles. The average molecular weight is 472 g/mol. The molecule has 0 bridgehead atoms. The average Bonchev–Trinajstić information content (AvgIpc) is 2.85. The molecular weight excluding hydrogens is 446 g/mol. The van der Waals surface area contributed by atoms with Gasteiger partial charge in [-0.25, -0.2) is 9.59 Å². The monoisotopic (exact) mass is 471 g/mol. The molecule has 0 saturated carbocycles. The molecule has 2 N–H and O–H groups in total. The maximum Gasteiger partial charge on any atom is 0.342 e. The second kappa shape index (κ2) is 10.2. The van der Waals surface area contributed by atoms with E-state index in [4.69, 9.17) is 14.2 Å². The van der Waals surface area contributed by atoms with E-state index in [0.717, 1.165) is 0 Å². The molecule has 1 aliphatic rings. The number of nitrogens with one attached hydrogen (secondary N) is 1. The van der Waals surface area contributed by atoms with Crippen LogP contribution in [-0.2, 0) is 9.59 Å². The van der Waals surface area contributed by atoms with Crippen LogP contribution < -0.4 is 19.5 Å². The number of dihydropyridines is 1. The molecule has 0 atom stereocenters. The lowest BCUT2D eigenvalue weighted by molar-refractivity contribution is -0.131. The summed E-state index contributed by atoms with van der Waals surface area (Å²) in [7, 11) is 1.43. The second-order valence-corrected chi connectivity index (χ2v) is 7.97. The minimum absolute atomic E-state index is 0.0617. The number of aromatic hydroxyl groups is 1. The van der Waals surface area contributed by atoms with Crippen molar-refractivity contribution in [3.8, 4) is 23.0 Å². The number of phenols is 1. The van der Waals surface area contributed by atoms with Crippen molar-refractivity contribution in [3.05, 3.63) is 107 Å². The Labute approximate surface area is 203 Å². The predicted molar refractivity (Wildman–Crippen MR) is 130 cm³/mol. The van der Waals surface area contributed by atoms with Crippen LogP contribution >= 0.6 is 0 Å². The number of allylic oxidation sites excluding steroid dienone is 2. The number of phenolic OH excluding ortho intramolecular Hbond substituents is 1. The van der Waals surface area contributed by atoms with E-state index in [1.165, 1.54) is 13.2 Å². The minimum Gasteiger partial charge on any atom is -0.504 e. The van der Waals surface area contributed by atoms with Crippen LogP contribution in [-0.4, -0.2) is 24.2 Å². The van der Waals surface area contributed by atoms with Crippen molar-refractivity contribution < 1.29 is 28.9 Å². The van der Waals surface area contributed by atoms with Crippen molar-refractivity contribution in [1.29, 1.82) is 0 Å². The quantitative estimate of drug-likeness (QED) is 0.392. The Bertz CT molecular complexity index is 1240. The van der Waals surface area contributed by atoms with E-state index in [0.29, 0.717) is 28.5 Å². The van der Waals surface area contributed by atoms with Gasteiger partial charge in [-0.05, 0) is 55.8 Å². The van der Waals surface area contributed by atoms with E-state index >= 15 is 0 Å². The van der Waals surface area contributed by atoms with Crippen molar-refractivity contribution in [2.24, 2.45) is 0 Å². The van der Waals surface area contributed by atoms with E-state index in [-0.39, 0.29) is 22.6 Å². The molecule has 0 amide bonds. The zero-order valence-electron chi connectivity index (χ0n) is 19.6. The third kappa shape index (κ3) is 5.04. The maximum absolute atomic E-state index is 13.4. The first kappa shape index (κ1) is 23.6. The number of ether oxygens (including phenoxy) is 3. The lowest BCUT2D eigenvalue weighted by Gasteiger charge is -2.30. The highest BCUT2D eigenvalue weighted by Crippen LogP contribution is 2.42. The van der Waals surface area contributed by atoms with E-state index in [1.807, 2.05) is 12.1 Å². The third-order valence-electron chi connectivity index (χ3n) is 5.64. The number of methoxy groups -OCH3 is 1. The zero-order valence-corrected chi connectivity index (χ0v) is 19.6. The van der Waals surface area contributed by atoms with Gasteiger partial charge in [-0.1, -0.05) is 42.5 Å². The molecule has 0 aromatic heterocycles. The Morgan fingerprint density at radius 3 is 1.71 bits per heavy atom. The van der Waals surface area contributed by atoms with Crippen LogP contribution in [0.2, 0.25) is 0 Å². The molecule has 7 heteroatoms. The van der Waals surface area contributed by atoms with Gasteiger partial charge in [0.2, 0.25) is 0 Å². The van der Waals surface area contributed by atoms with Crippen LogP contribution in [0.4, 0.5) is 0 Å². The van der Waals surface area contributed by atoms with Crippen LogP contribution in [0.1, 0.15) is 25.3 Å². The molecule has 0 spiro atoms. The standard InChI is InChI=1S/C28H25NO6/c1-17-24(27(31)34-20-10-6-4-7-11-20)26(19-14-15-22(30)23(16-19)33-3)25(18(2)29-17)28(32)35-21-12-8-5-9-13-21/h4-16,26,29-30H,1-3H3. The van der Waals surface area contributed by atoms with Crippen LogP contribution in [0.5, 0.6) is 23.0 Å². The molecular formula is C28H25NO6. The van der Waals surface area contributed by atoms with Gasteiger partial charge in [-0.2, -0.15) is 0 Å². The van der Waals surface area contributed by atoms with Crippen LogP contribution in [0.25, 0.3) is 0 Å². The van der Waals surface area contributed by atoms with Crippen molar-refractivity contribution >= 4 is 11.9 Å². The third-order valence-corrected chi connectivity index (χ3v) is 5.64. The molecule has 0 radical (unpaired) electrons. The number of benzene rings is 3. The number of hydrogen-bond acceptors (Lipinski definition) is 7. The molecule has 35 heavy (non-hydrogen) atoms. The first-order chi connectivity index (χ1) is 16.9. The lowest BCUT2D eigenvalue weighted by Crippen LogP contribution is -2.34. The number of para-hydroxylation sites is 2. The number of rotatable bonds is 6. The van der Waals surface area contributed by atoms with Crippen LogP contribution in [0.15, 0.2) is 101 Å². The summed E-state index contributed by atoms with van der Waals surface area (Å²) < 4.78 is 16.6. The first-order valence-corrected chi connectivity index (χ1v) is 11.0. The summed E-state index contributed by atoms with van der Waals surface area (Å²) in [6.07, 6.45) is 0. The molecule has 0 saturated heterocycles. The number of hydrogen-bond donors (Lipinski definition) is 2. The van der Waals surface area contributed by atoms with Crippen molar-refractivity contribution in [2.75, 3.05) is 7.11 Å². The van der Waals surface area contributed by atoms with E-state index in [9.17, 15) is 14.7 Å². The van der Waals surface area contributed by atoms with Crippen molar-refractivity contribution in [2.45, 2.75) is 19.8 Å². The molecule has 0 unspecified atom stereocenters. The maximum atomic E-state index is 13.4. The molecule has 1 heterocycles. The molecule has 3 aromatic rings. The Hall–Kier alpha value is -4.52. The zero-order chi connectivity index (χ0) is 24.9. The summed E-state index contributed by atoms with van der Waals surface area (Å²) in [6.45, 7) is 3.49. The summed E-state index contributed by atoms with van der Waals surface area (Å²) in [5, 5.41) is 13.3. The van der Waals surface area contributed by atoms with Gasteiger partial charge in [0.25, 0.3) is 0 Å². The highest BCUT2D eigenvalue weighted by molar-refractivity contribution is 6.01. The van der Waals surface area contributed by atoms with Gasteiger partial charge in [-0.15, -0.1) is 0 Å². The molecule has 0 aliphatic carbocycles. The summed E-state index contributed by atoms with van der Waals surface area (Å²) in [6, 6.07) is 22.1. The smallest absolute Gasteiger partial charge is 0.342 e. The Kier molecular flexibility index (Phi) is 6.87. The topological polar surface area (TPSA) is 94.1 Å². The van der Waals surface area contributed by atoms with Gasteiger partial charge in [-0.3, -0.25) is 0 Å². The van der Waals surface area contributed by atoms with Gasteiger partial charge in [0, 0.05) is 11.4 Å². The summed E-state index contributed by atoms with van der Waals surface area (Å²) >= 11 is 0. The fraction of sp³-hybridized carbons (Fsp3) is 0.143. The van der Waals surface area contributed by atoms with Gasteiger partial charge < -0.3 is 24.6 Å². The Morgan fingerprint density at radius 1 is 0.771 bits per heavy atom. The molecule has 3 aromatic carbocycles. The van der Waals surface area contributed by atoms with Crippen molar-refractivity contribution in [1.82, 2.24) is 5.32 Å². The second-order valence-electron chi connectivity index (χ2n) is 7.97. The van der Waals surface area contributed by atoms with Gasteiger partial charge >= 0.3 is 11.9 Å². The molecule has 7 nitrogen and oxygen atoms in total. The van der Waals surface area contributed by atoms with E-state index < -0.39 is 17.9 Å². The lowest BCUT2D eigenvalue weighted by atomic mass is 9.80. The first-order valence-electron chi connectivity index (χ1n) is 11.0. The molecule has 178 valence electrons. The summed E-state index contributed by atoms with van der Waals surface area (Å²) in [5.41, 5.74) is 2.12. The fourth-order valence-electron chi connectivity index (χ4n) is 4.04. The van der Waals surface area contributed by atoms with Gasteiger partial charge in [0.05, 0.1) is 24.2 Å². The minimum atomic E-state index is -0.835.